The predicted octanol–water partition coefficient (Wildman–Crippen LogP) is 0.774. The van der Waals surface area contributed by atoms with Gasteiger partial charge in [-0.3, -0.25) is 4.79 Å². The van der Waals surface area contributed by atoms with Crippen molar-refractivity contribution in [2.45, 2.75) is 12.5 Å². The Balaban J connectivity index is 1.60. The molecule has 0 radical (unpaired) electrons. The average molecular weight is 323 g/mol. The Bertz CT molecular complexity index is 711. The molecule has 1 amide bonds. The number of benzene rings is 1. The van der Waals surface area contributed by atoms with E-state index in [0.717, 1.165) is 5.56 Å². The van der Waals surface area contributed by atoms with E-state index >= 15 is 0 Å². The summed E-state index contributed by atoms with van der Waals surface area (Å²) in [5.41, 5.74) is 0.818. The summed E-state index contributed by atoms with van der Waals surface area (Å²) in [6, 6.07) is 5.15. The van der Waals surface area contributed by atoms with Gasteiger partial charge in [-0.15, -0.1) is 0 Å². The van der Waals surface area contributed by atoms with Crippen molar-refractivity contribution < 1.29 is 22.7 Å². The minimum absolute atomic E-state index is 0.0244. The lowest BCUT2D eigenvalue weighted by Crippen LogP contribution is -2.34. The van der Waals surface area contributed by atoms with Gasteiger partial charge in [0.05, 0.1) is 11.5 Å². The molecule has 22 heavy (non-hydrogen) atoms. The Hall–Kier alpha value is -2.02. The van der Waals surface area contributed by atoms with Gasteiger partial charge in [-0.05, 0) is 30.2 Å². The summed E-state index contributed by atoms with van der Waals surface area (Å²) in [7, 11) is -2.99. The van der Waals surface area contributed by atoms with E-state index in [1.807, 2.05) is 6.07 Å². The Morgan fingerprint density at radius 1 is 1.23 bits per heavy atom. The summed E-state index contributed by atoms with van der Waals surface area (Å²) in [6.45, 7) is 1.05. The van der Waals surface area contributed by atoms with Gasteiger partial charge >= 0.3 is 0 Å². The number of carbonyl (C=O) groups is 1. The zero-order chi connectivity index (χ0) is 15.6. The Morgan fingerprint density at radius 3 is 2.73 bits per heavy atom. The van der Waals surface area contributed by atoms with E-state index in [4.69, 9.17) is 9.47 Å². The Kier molecular flexibility index (Phi) is 4.06. The molecule has 1 unspecified atom stereocenters. The lowest BCUT2D eigenvalue weighted by Gasteiger charge is -2.18. The number of amides is 1. The normalized spacial score (nSPS) is 22.6. The molecule has 0 aromatic heterocycles. The van der Waals surface area contributed by atoms with E-state index in [-0.39, 0.29) is 23.5 Å². The molecule has 1 aromatic rings. The summed E-state index contributed by atoms with van der Waals surface area (Å²) in [5.74, 6) is 1.23. The monoisotopic (exact) mass is 323 g/mol. The SMILES string of the molecule is O=C(C=Cc1ccc2c(c1)OCCO2)NC1CCS(=O)(=O)C1. The third kappa shape index (κ3) is 3.59. The predicted molar refractivity (Wildman–Crippen MR) is 81.7 cm³/mol. The van der Waals surface area contributed by atoms with Gasteiger partial charge < -0.3 is 14.8 Å². The van der Waals surface area contributed by atoms with Crippen molar-refractivity contribution in [1.82, 2.24) is 5.32 Å². The second-order valence-electron chi connectivity index (χ2n) is 5.34. The fraction of sp³-hybridized carbons (Fsp3) is 0.400. The molecule has 1 N–H and O–H groups in total. The third-order valence-electron chi connectivity index (χ3n) is 3.57. The quantitative estimate of drug-likeness (QED) is 0.831. The first-order valence-electron chi connectivity index (χ1n) is 7.10. The van der Waals surface area contributed by atoms with Gasteiger partial charge in [0, 0.05) is 12.1 Å². The Morgan fingerprint density at radius 2 is 2.00 bits per heavy atom. The molecule has 2 aliphatic rings. The molecule has 2 aliphatic heterocycles. The van der Waals surface area contributed by atoms with Gasteiger partial charge in [-0.1, -0.05) is 6.07 Å². The maximum absolute atomic E-state index is 11.8. The molecule has 118 valence electrons. The topological polar surface area (TPSA) is 81.7 Å². The number of ether oxygens (including phenoxy) is 2. The number of fused-ring (bicyclic) bond motifs is 1. The average Bonchev–Trinajstić information content (AvgIpc) is 2.84. The summed E-state index contributed by atoms with van der Waals surface area (Å²) in [6.07, 6.45) is 3.54. The first-order chi connectivity index (χ1) is 10.5. The summed E-state index contributed by atoms with van der Waals surface area (Å²) < 4.78 is 33.6. The van der Waals surface area contributed by atoms with Crippen molar-refractivity contribution in [3.05, 3.63) is 29.8 Å². The van der Waals surface area contributed by atoms with Crippen LogP contribution in [0.25, 0.3) is 6.08 Å². The molecule has 1 aromatic carbocycles. The van der Waals surface area contributed by atoms with Crippen LogP contribution in [0.2, 0.25) is 0 Å². The lowest BCUT2D eigenvalue weighted by atomic mass is 10.1. The van der Waals surface area contributed by atoms with E-state index in [1.54, 1.807) is 18.2 Å². The van der Waals surface area contributed by atoms with Crippen LogP contribution in [0.5, 0.6) is 11.5 Å². The Labute approximate surface area is 129 Å². The standard InChI is InChI=1S/C15H17NO5S/c17-15(16-12-5-8-22(18,19)10-12)4-2-11-1-3-13-14(9-11)21-7-6-20-13/h1-4,9,12H,5-8,10H2,(H,16,17). The summed E-state index contributed by atoms with van der Waals surface area (Å²) in [4.78, 5) is 11.8. The molecule has 1 saturated heterocycles. The van der Waals surface area contributed by atoms with Crippen molar-refractivity contribution in [2.75, 3.05) is 24.7 Å². The van der Waals surface area contributed by atoms with Gasteiger partial charge in [-0.25, -0.2) is 8.42 Å². The maximum atomic E-state index is 11.8. The fourth-order valence-corrected chi connectivity index (χ4v) is 4.17. The number of hydrogen-bond acceptors (Lipinski definition) is 5. The highest BCUT2D eigenvalue weighted by Crippen LogP contribution is 2.31. The van der Waals surface area contributed by atoms with Gasteiger partial charge in [0.25, 0.3) is 0 Å². The number of sulfone groups is 1. The van der Waals surface area contributed by atoms with E-state index in [0.29, 0.717) is 31.1 Å². The zero-order valence-corrected chi connectivity index (χ0v) is 12.8. The molecule has 0 bridgehead atoms. The molecule has 0 saturated carbocycles. The molecule has 2 heterocycles. The molecular weight excluding hydrogens is 306 g/mol. The van der Waals surface area contributed by atoms with Gasteiger partial charge in [0.2, 0.25) is 5.91 Å². The zero-order valence-electron chi connectivity index (χ0n) is 11.9. The molecule has 6 nitrogen and oxygen atoms in total. The minimum atomic E-state index is -2.99. The van der Waals surface area contributed by atoms with Crippen molar-refractivity contribution in [1.29, 1.82) is 0 Å². The third-order valence-corrected chi connectivity index (χ3v) is 5.34. The highest BCUT2D eigenvalue weighted by molar-refractivity contribution is 7.91. The first-order valence-corrected chi connectivity index (χ1v) is 8.93. The second kappa shape index (κ2) is 6.00. The van der Waals surface area contributed by atoms with Crippen LogP contribution >= 0.6 is 0 Å². The number of carbonyl (C=O) groups excluding carboxylic acids is 1. The number of rotatable bonds is 3. The van der Waals surface area contributed by atoms with Crippen LogP contribution in [0, 0.1) is 0 Å². The van der Waals surface area contributed by atoms with Gasteiger partial charge in [-0.2, -0.15) is 0 Å². The smallest absolute Gasteiger partial charge is 0.244 e. The lowest BCUT2D eigenvalue weighted by molar-refractivity contribution is -0.116. The summed E-state index contributed by atoms with van der Waals surface area (Å²) in [5, 5.41) is 2.71. The van der Waals surface area contributed by atoms with Crippen molar-refractivity contribution >= 4 is 21.8 Å². The molecule has 1 fully saturated rings. The molecule has 7 heteroatoms. The fourth-order valence-electron chi connectivity index (χ4n) is 2.49. The molecule has 3 rings (SSSR count). The van der Waals surface area contributed by atoms with Crippen molar-refractivity contribution in [3.63, 3.8) is 0 Å². The minimum Gasteiger partial charge on any atom is -0.486 e. The van der Waals surface area contributed by atoms with Crippen LogP contribution < -0.4 is 14.8 Å². The molecule has 1 atom stereocenters. The van der Waals surface area contributed by atoms with E-state index in [2.05, 4.69) is 5.32 Å². The molecular formula is C15H17NO5S. The molecule has 0 spiro atoms. The van der Waals surface area contributed by atoms with Crippen LogP contribution in [0.4, 0.5) is 0 Å². The number of hydrogen-bond donors (Lipinski definition) is 1. The molecule has 0 aliphatic carbocycles. The van der Waals surface area contributed by atoms with E-state index in [9.17, 15) is 13.2 Å². The van der Waals surface area contributed by atoms with Crippen molar-refractivity contribution in [2.24, 2.45) is 0 Å². The van der Waals surface area contributed by atoms with Gasteiger partial charge in [0.15, 0.2) is 21.3 Å². The first kappa shape index (κ1) is 14.9. The van der Waals surface area contributed by atoms with Crippen LogP contribution in [-0.2, 0) is 14.6 Å². The largest absolute Gasteiger partial charge is 0.486 e. The van der Waals surface area contributed by atoms with Crippen LogP contribution in [0.15, 0.2) is 24.3 Å². The second-order valence-corrected chi connectivity index (χ2v) is 7.57. The van der Waals surface area contributed by atoms with E-state index < -0.39 is 9.84 Å². The van der Waals surface area contributed by atoms with E-state index in [1.165, 1.54) is 6.08 Å². The maximum Gasteiger partial charge on any atom is 0.244 e. The van der Waals surface area contributed by atoms with Crippen LogP contribution in [0.3, 0.4) is 0 Å². The number of nitrogens with one attached hydrogen (secondary N) is 1. The van der Waals surface area contributed by atoms with Crippen LogP contribution in [-0.4, -0.2) is 45.1 Å². The van der Waals surface area contributed by atoms with Crippen molar-refractivity contribution in [3.8, 4) is 11.5 Å². The highest BCUT2D eigenvalue weighted by Gasteiger charge is 2.28. The van der Waals surface area contributed by atoms with Crippen LogP contribution in [0.1, 0.15) is 12.0 Å². The summed E-state index contributed by atoms with van der Waals surface area (Å²) >= 11 is 0. The van der Waals surface area contributed by atoms with Gasteiger partial charge in [0.1, 0.15) is 13.2 Å². The highest BCUT2D eigenvalue weighted by atomic mass is 32.2.